The second-order valence-corrected chi connectivity index (χ2v) is 5.15. The molecule has 22 heavy (non-hydrogen) atoms. The Morgan fingerprint density at radius 3 is 2.59 bits per heavy atom. The molecule has 1 heterocycles. The number of anilines is 3. The molecule has 3 aromatic rings. The summed E-state index contributed by atoms with van der Waals surface area (Å²) >= 11 is 0. The Balaban J connectivity index is 2.04. The number of amidine groups is 1. The van der Waals surface area contributed by atoms with Crippen LogP contribution in [0.25, 0.3) is 10.8 Å². The van der Waals surface area contributed by atoms with Gasteiger partial charge in [0.15, 0.2) is 0 Å². The maximum absolute atomic E-state index is 7.55. The van der Waals surface area contributed by atoms with Gasteiger partial charge in [-0.15, -0.1) is 0 Å². The van der Waals surface area contributed by atoms with E-state index < -0.39 is 0 Å². The minimum atomic E-state index is -0.0702. The molecule has 3 rings (SSSR count). The molecule has 0 bridgehead atoms. The first kappa shape index (κ1) is 13.9. The van der Waals surface area contributed by atoms with Crippen LogP contribution in [0.1, 0.15) is 11.1 Å². The third-order valence-electron chi connectivity index (χ3n) is 3.57. The number of aromatic nitrogens is 1. The van der Waals surface area contributed by atoms with E-state index in [9.17, 15) is 0 Å². The average Bonchev–Trinajstić information content (AvgIpc) is 2.46. The lowest BCUT2D eigenvalue weighted by Crippen LogP contribution is -2.16. The summed E-state index contributed by atoms with van der Waals surface area (Å²) in [4.78, 5) is 4.30. The quantitative estimate of drug-likeness (QED) is 0.440. The molecule has 0 unspecified atom stereocenters. The maximum atomic E-state index is 7.55. The molecule has 0 spiro atoms. The number of nitrogens with two attached hydrogens (primary N) is 2. The Bertz CT molecular complexity index is 842. The van der Waals surface area contributed by atoms with Crippen LogP contribution in [0.15, 0.2) is 48.5 Å². The minimum absolute atomic E-state index is 0.0702. The van der Waals surface area contributed by atoms with Gasteiger partial charge in [-0.05, 0) is 30.0 Å². The number of nitrogen functional groups attached to an aromatic ring is 2. The standard InChI is InChI=1S/C17H17N5/c1-10-9-14(22-17(20)15(10)16(18)19)21-13-8-4-6-11-5-2-3-7-12(11)13/h2-9H,1H3,(H3,18,19)(H3,20,21,22). The molecule has 0 saturated heterocycles. The van der Waals surface area contributed by atoms with Crippen LogP contribution in [0, 0.1) is 12.3 Å². The zero-order chi connectivity index (χ0) is 15.7. The van der Waals surface area contributed by atoms with Gasteiger partial charge in [0.1, 0.15) is 17.5 Å². The zero-order valence-electron chi connectivity index (χ0n) is 12.2. The molecule has 1 aromatic heterocycles. The van der Waals surface area contributed by atoms with Crippen molar-refractivity contribution in [3.8, 4) is 0 Å². The topological polar surface area (TPSA) is 101 Å². The van der Waals surface area contributed by atoms with E-state index in [0.29, 0.717) is 11.4 Å². The second-order valence-electron chi connectivity index (χ2n) is 5.15. The summed E-state index contributed by atoms with van der Waals surface area (Å²) in [5.74, 6) is 0.825. The van der Waals surface area contributed by atoms with Crippen LogP contribution in [0.4, 0.5) is 17.3 Å². The third kappa shape index (κ3) is 2.44. The van der Waals surface area contributed by atoms with E-state index in [1.807, 2.05) is 37.3 Å². The van der Waals surface area contributed by atoms with Crippen LogP contribution >= 0.6 is 0 Å². The number of nitrogens with one attached hydrogen (secondary N) is 2. The molecule has 0 fully saturated rings. The number of hydrogen-bond donors (Lipinski definition) is 4. The Labute approximate surface area is 128 Å². The van der Waals surface area contributed by atoms with Crippen LogP contribution in [-0.4, -0.2) is 10.8 Å². The van der Waals surface area contributed by atoms with E-state index in [1.54, 1.807) is 0 Å². The van der Waals surface area contributed by atoms with E-state index in [4.69, 9.17) is 16.9 Å². The first-order valence-electron chi connectivity index (χ1n) is 6.92. The van der Waals surface area contributed by atoms with Gasteiger partial charge in [0, 0.05) is 11.1 Å². The van der Waals surface area contributed by atoms with Crippen molar-refractivity contribution in [2.75, 3.05) is 11.1 Å². The highest BCUT2D eigenvalue weighted by Gasteiger charge is 2.11. The maximum Gasteiger partial charge on any atom is 0.137 e. The predicted octanol–water partition coefficient (Wildman–Crippen LogP) is 3.15. The van der Waals surface area contributed by atoms with Crippen LogP contribution in [0.5, 0.6) is 0 Å². The van der Waals surface area contributed by atoms with Gasteiger partial charge in [0.05, 0.1) is 5.56 Å². The third-order valence-corrected chi connectivity index (χ3v) is 3.57. The Kier molecular flexibility index (Phi) is 3.39. The number of hydrogen-bond acceptors (Lipinski definition) is 4. The van der Waals surface area contributed by atoms with Crippen LogP contribution in [-0.2, 0) is 0 Å². The predicted molar refractivity (Wildman–Crippen MR) is 91.6 cm³/mol. The molecule has 0 saturated carbocycles. The van der Waals surface area contributed by atoms with Gasteiger partial charge in [-0.2, -0.15) is 0 Å². The molecular weight excluding hydrogens is 274 g/mol. The summed E-state index contributed by atoms with van der Waals surface area (Å²) in [7, 11) is 0. The Hall–Kier alpha value is -3.08. The van der Waals surface area contributed by atoms with Crippen molar-refractivity contribution in [1.82, 2.24) is 4.98 Å². The average molecular weight is 291 g/mol. The molecule has 0 aliphatic rings. The molecule has 0 atom stereocenters. The van der Waals surface area contributed by atoms with Crippen LogP contribution in [0.2, 0.25) is 0 Å². The fourth-order valence-corrected chi connectivity index (χ4v) is 2.58. The highest BCUT2D eigenvalue weighted by Crippen LogP contribution is 2.27. The molecule has 0 radical (unpaired) electrons. The fraction of sp³-hybridized carbons (Fsp3) is 0.0588. The van der Waals surface area contributed by atoms with Gasteiger partial charge in [0.2, 0.25) is 0 Å². The second kappa shape index (κ2) is 5.37. The van der Waals surface area contributed by atoms with Crippen molar-refractivity contribution in [3.05, 3.63) is 59.7 Å². The minimum Gasteiger partial charge on any atom is -0.384 e. The van der Waals surface area contributed by atoms with Crippen LogP contribution < -0.4 is 16.8 Å². The number of fused-ring (bicyclic) bond motifs is 1. The summed E-state index contributed by atoms with van der Waals surface area (Å²) in [5.41, 5.74) is 13.7. The Morgan fingerprint density at radius 1 is 1.14 bits per heavy atom. The number of pyridine rings is 1. The van der Waals surface area contributed by atoms with Crippen molar-refractivity contribution in [2.45, 2.75) is 6.92 Å². The van der Waals surface area contributed by atoms with Gasteiger partial charge in [-0.3, -0.25) is 5.41 Å². The highest BCUT2D eigenvalue weighted by atomic mass is 15.0. The summed E-state index contributed by atoms with van der Waals surface area (Å²) in [6.45, 7) is 1.86. The molecule has 2 aromatic carbocycles. The van der Waals surface area contributed by atoms with Crippen molar-refractivity contribution in [3.63, 3.8) is 0 Å². The van der Waals surface area contributed by atoms with Gasteiger partial charge in [0.25, 0.3) is 0 Å². The van der Waals surface area contributed by atoms with Gasteiger partial charge >= 0.3 is 0 Å². The van der Waals surface area contributed by atoms with E-state index in [-0.39, 0.29) is 11.7 Å². The van der Waals surface area contributed by atoms with Crippen molar-refractivity contribution < 1.29 is 0 Å². The molecule has 0 aliphatic carbocycles. The Morgan fingerprint density at radius 2 is 1.86 bits per heavy atom. The summed E-state index contributed by atoms with van der Waals surface area (Å²) < 4.78 is 0. The van der Waals surface area contributed by atoms with Crippen LogP contribution in [0.3, 0.4) is 0 Å². The van der Waals surface area contributed by atoms with E-state index in [2.05, 4.69) is 28.5 Å². The smallest absolute Gasteiger partial charge is 0.137 e. The van der Waals surface area contributed by atoms with Gasteiger partial charge in [-0.1, -0.05) is 36.4 Å². The molecule has 5 nitrogen and oxygen atoms in total. The lowest BCUT2D eigenvalue weighted by atomic mass is 10.1. The molecule has 0 amide bonds. The highest BCUT2D eigenvalue weighted by molar-refractivity contribution is 6.01. The fourth-order valence-electron chi connectivity index (χ4n) is 2.58. The van der Waals surface area contributed by atoms with E-state index in [1.165, 1.54) is 0 Å². The SMILES string of the molecule is Cc1cc(Nc2cccc3ccccc23)nc(N)c1C(=N)N. The summed E-state index contributed by atoms with van der Waals surface area (Å²) in [5, 5.41) is 13.1. The molecule has 5 heteroatoms. The number of benzene rings is 2. The molecule has 6 N–H and O–H groups in total. The van der Waals surface area contributed by atoms with Crippen molar-refractivity contribution >= 4 is 33.9 Å². The molecule has 110 valence electrons. The largest absolute Gasteiger partial charge is 0.384 e. The summed E-state index contributed by atoms with van der Waals surface area (Å²) in [6, 6.07) is 16.0. The molecule has 0 aliphatic heterocycles. The van der Waals surface area contributed by atoms with Crippen molar-refractivity contribution in [1.29, 1.82) is 5.41 Å². The first-order chi connectivity index (χ1) is 10.6. The van der Waals surface area contributed by atoms with Gasteiger partial charge < -0.3 is 16.8 Å². The van der Waals surface area contributed by atoms with Gasteiger partial charge in [-0.25, -0.2) is 4.98 Å². The monoisotopic (exact) mass is 291 g/mol. The first-order valence-corrected chi connectivity index (χ1v) is 6.92. The van der Waals surface area contributed by atoms with Crippen molar-refractivity contribution in [2.24, 2.45) is 5.73 Å². The summed E-state index contributed by atoms with van der Waals surface area (Å²) in [6.07, 6.45) is 0. The number of rotatable bonds is 3. The lowest BCUT2D eigenvalue weighted by Gasteiger charge is -2.13. The number of aryl methyl sites for hydroxylation is 1. The lowest BCUT2D eigenvalue weighted by molar-refractivity contribution is 1.25. The molecular formula is C17H17N5. The number of nitrogens with zero attached hydrogens (tertiary/aromatic N) is 1. The van der Waals surface area contributed by atoms with E-state index >= 15 is 0 Å². The van der Waals surface area contributed by atoms with E-state index in [0.717, 1.165) is 22.0 Å². The zero-order valence-corrected chi connectivity index (χ0v) is 12.2. The normalized spacial score (nSPS) is 10.6.